The second-order valence-corrected chi connectivity index (χ2v) is 15.3. The summed E-state index contributed by atoms with van der Waals surface area (Å²) in [6.45, 7) is 1.81. The van der Waals surface area contributed by atoms with Crippen LogP contribution in [0.4, 0.5) is 0 Å². The number of cyclic esters (lactones) is 3. The van der Waals surface area contributed by atoms with Crippen molar-refractivity contribution < 1.29 is 28.6 Å². The van der Waals surface area contributed by atoms with Crippen molar-refractivity contribution in [3.63, 3.8) is 0 Å². The van der Waals surface area contributed by atoms with Gasteiger partial charge < -0.3 is 14.2 Å². The zero-order valence-corrected chi connectivity index (χ0v) is 33.8. The van der Waals surface area contributed by atoms with E-state index in [1.807, 2.05) is 0 Å². The van der Waals surface area contributed by atoms with Gasteiger partial charge in [0.1, 0.15) is 0 Å². The Labute approximate surface area is 321 Å². The third-order valence-electron chi connectivity index (χ3n) is 10.2. The number of hydrogen-bond donors (Lipinski definition) is 0. The summed E-state index contributed by atoms with van der Waals surface area (Å²) in [5.74, 6) is -0.0122. The van der Waals surface area contributed by atoms with Crippen LogP contribution in [0, 0.1) is 0 Å². The minimum Gasteiger partial charge on any atom is -0.466 e. The van der Waals surface area contributed by atoms with Crippen molar-refractivity contribution in [3.05, 3.63) is 24.3 Å². The molecule has 3 aliphatic heterocycles. The van der Waals surface area contributed by atoms with Gasteiger partial charge in [-0.05, 0) is 77.0 Å². The molecule has 0 aromatic rings. The van der Waals surface area contributed by atoms with Crippen LogP contribution < -0.4 is 0 Å². The number of ether oxygens (including phenoxy) is 3. The molecule has 0 N–H and O–H groups in total. The quantitative estimate of drug-likeness (QED) is 0.140. The van der Waals surface area contributed by atoms with Gasteiger partial charge in [-0.25, -0.2) is 0 Å². The zero-order valence-electron chi connectivity index (χ0n) is 33.8. The molecule has 0 aromatic carbocycles. The maximum absolute atomic E-state index is 11.4. The molecule has 3 heterocycles. The van der Waals surface area contributed by atoms with Crippen molar-refractivity contribution >= 4 is 17.9 Å². The molecule has 1 fully saturated rings. The molecule has 0 bridgehead atoms. The van der Waals surface area contributed by atoms with Crippen LogP contribution >= 0.6 is 0 Å². The fraction of sp³-hybridized carbons (Fsp3) is 0.848. The molecular weight excluding hydrogens is 649 g/mol. The summed E-state index contributed by atoms with van der Waals surface area (Å²) >= 11 is 0. The highest BCUT2D eigenvalue weighted by atomic mass is 16.5. The first-order valence-corrected chi connectivity index (χ1v) is 22.5. The minimum absolute atomic E-state index is 0.000729. The van der Waals surface area contributed by atoms with Crippen molar-refractivity contribution in [2.75, 3.05) is 19.8 Å². The molecule has 3 aliphatic rings. The highest BCUT2D eigenvalue weighted by Gasteiger charge is 2.05. The number of allylic oxidation sites excluding steroid dienone is 3. The standard InChI is InChI=1S/C16H28O2.C15H28O2.C15H26O2/c17-16-14-12-10-8-6-4-2-1-3-5-7-9-11-13-15-18-16;2*16-15-13-11-9-7-5-3-1-2-4-6-8-10-12-14-17-15/h1-2H,3-15H2;1-14H2;8,10H,1-7,9,11-14H2/b2-1-;;. The molecule has 302 valence electrons. The van der Waals surface area contributed by atoms with Crippen LogP contribution in [0.5, 0.6) is 0 Å². The van der Waals surface area contributed by atoms with Crippen molar-refractivity contribution in [1.29, 1.82) is 0 Å². The third-order valence-corrected chi connectivity index (χ3v) is 10.2. The molecule has 0 atom stereocenters. The van der Waals surface area contributed by atoms with Gasteiger partial charge in [-0.15, -0.1) is 0 Å². The van der Waals surface area contributed by atoms with E-state index in [4.69, 9.17) is 14.2 Å². The second-order valence-electron chi connectivity index (χ2n) is 15.3. The fourth-order valence-corrected chi connectivity index (χ4v) is 6.81. The van der Waals surface area contributed by atoms with Crippen LogP contribution in [0.1, 0.15) is 231 Å². The summed E-state index contributed by atoms with van der Waals surface area (Å²) in [4.78, 5) is 34.1. The monoisotopic (exact) mass is 731 g/mol. The molecule has 0 unspecified atom stereocenters. The Morgan fingerprint density at radius 2 is 0.481 bits per heavy atom. The van der Waals surface area contributed by atoms with Crippen LogP contribution in [0.3, 0.4) is 0 Å². The molecule has 0 aliphatic carbocycles. The smallest absolute Gasteiger partial charge is 0.305 e. The van der Waals surface area contributed by atoms with Gasteiger partial charge in [-0.3, -0.25) is 14.4 Å². The molecule has 6 heteroatoms. The lowest BCUT2D eigenvalue weighted by Gasteiger charge is -2.06. The van der Waals surface area contributed by atoms with Gasteiger partial charge in [0, 0.05) is 19.3 Å². The molecule has 0 radical (unpaired) electrons. The Morgan fingerprint density at radius 3 is 0.808 bits per heavy atom. The van der Waals surface area contributed by atoms with Gasteiger partial charge in [-0.1, -0.05) is 159 Å². The van der Waals surface area contributed by atoms with Crippen LogP contribution in [0.15, 0.2) is 24.3 Å². The average molecular weight is 731 g/mol. The number of carbonyl (C=O) groups is 3. The van der Waals surface area contributed by atoms with Crippen LogP contribution in [-0.4, -0.2) is 37.7 Å². The molecular formula is C46H82O6. The lowest BCUT2D eigenvalue weighted by Crippen LogP contribution is -2.05. The van der Waals surface area contributed by atoms with E-state index in [1.54, 1.807) is 0 Å². The number of esters is 3. The molecule has 0 saturated carbocycles. The molecule has 6 nitrogen and oxygen atoms in total. The van der Waals surface area contributed by atoms with Crippen molar-refractivity contribution in [3.8, 4) is 0 Å². The number of rotatable bonds is 0. The summed E-state index contributed by atoms with van der Waals surface area (Å²) in [7, 11) is 0. The van der Waals surface area contributed by atoms with Gasteiger partial charge in [-0.2, -0.15) is 0 Å². The van der Waals surface area contributed by atoms with Gasteiger partial charge in [0.25, 0.3) is 0 Å². The van der Waals surface area contributed by atoms with E-state index in [9.17, 15) is 14.4 Å². The van der Waals surface area contributed by atoms with E-state index in [0.29, 0.717) is 39.1 Å². The Bertz CT molecular complexity index is 847. The lowest BCUT2D eigenvalue weighted by molar-refractivity contribution is -0.144. The first kappa shape index (κ1) is 47.9. The van der Waals surface area contributed by atoms with Gasteiger partial charge in [0.15, 0.2) is 0 Å². The van der Waals surface area contributed by atoms with Crippen molar-refractivity contribution in [1.82, 2.24) is 0 Å². The Morgan fingerprint density at radius 1 is 0.250 bits per heavy atom. The highest BCUT2D eigenvalue weighted by molar-refractivity contribution is 5.69. The summed E-state index contributed by atoms with van der Waals surface area (Å²) in [5.41, 5.74) is 0. The topological polar surface area (TPSA) is 78.9 Å². The summed E-state index contributed by atoms with van der Waals surface area (Å²) in [5, 5.41) is 0. The third kappa shape index (κ3) is 37.6. The van der Waals surface area contributed by atoms with Gasteiger partial charge in [0.2, 0.25) is 0 Å². The molecule has 52 heavy (non-hydrogen) atoms. The summed E-state index contributed by atoms with van der Waals surface area (Å²) in [6, 6.07) is 0. The maximum atomic E-state index is 11.4. The Hall–Kier alpha value is -2.11. The average Bonchev–Trinajstić information content (AvgIpc) is 3.14. The van der Waals surface area contributed by atoms with E-state index < -0.39 is 0 Å². The molecule has 3 rings (SSSR count). The largest absolute Gasteiger partial charge is 0.466 e. The van der Waals surface area contributed by atoms with E-state index in [1.165, 1.54) is 167 Å². The predicted octanol–water partition coefficient (Wildman–Crippen LogP) is 13.8. The second kappa shape index (κ2) is 40.1. The van der Waals surface area contributed by atoms with E-state index in [0.717, 1.165) is 44.9 Å². The molecule has 1 saturated heterocycles. The summed E-state index contributed by atoms with van der Waals surface area (Å²) in [6.07, 6.45) is 51.5. The van der Waals surface area contributed by atoms with Crippen molar-refractivity contribution in [2.45, 2.75) is 231 Å². The lowest BCUT2D eigenvalue weighted by atomic mass is 10.0. The Balaban J connectivity index is 0.000000390. The van der Waals surface area contributed by atoms with E-state index in [2.05, 4.69) is 24.3 Å². The van der Waals surface area contributed by atoms with Crippen molar-refractivity contribution in [2.24, 2.45) is 0 Å². The first-order chi connectivity index (χ1) is 25.7. The molecule has 0 amide bonds. The number of carbonyl (C=O) groups excluding carboxylic acids is 3. The minimum atomic E-state index is -0.0227. The molecule has 0 spiro atoms. The number of hydrogen-bond acceptors (Lipinski definition) is 6. The maximum Gasteiger partial charge on any atom is 0.305 e. The fourth-order valence-electron chi connectivity index (χ4n) is 6.81. The normalized spacial score (nSPS) is 23.0. The van der Waals surface area contributed by atoms with Gasteiger partial charge >= 0.3 is 17.9 Å². The van der Waals surface area contributed by atoms with Crippen LogP contribution in [0.2, 0.25) is 0 Å². The van der Waals surface area contributed by atoms with E-state index in [-0.39, 0.29) is 17.9 Å². The molecule has 0 aromatic heterocycles. The first-order valence-electron chi connectivity index (χ1n) is 22.5. The van der Waals surface area contributed by atoms with Crippen LogP contribution in [-0.2, 0) is 28.6 Å². The SMILES string of the molecule is O=C1CCCCCC/C=C\CCCCCCCO1.O=C1CCCCCCCCCCC=CCCO1.O=C1CCCCCCCCCCCCCCO1. The predicted molar refractivity (Wildman–Crippen MR) is 217 cm³/mol. The van der Waals surface area contributed by atoms with Crippen LogP contribution in [0.25, 0.3) is 0 Å². The highest BCUT2D eigenvalue weighted by Crippen LogP contribution is 2.15. The zero-order chi connectivity index (χ0) is 37.3. The Kier molecular flexibility index (Phi) is 36.9. The summed E-state index contributed by atoms with van der Waals surface area (Å²) < 4.78 is 15.6. The van der Waals surface area contributed by atoms with E-state index >= 15 is 0 Å². The van der Waals surface area contributed by atoms with Gasteiger partial charge in [0.05, 0.1) is 19.8 Å².